The molecule has 88 valence electrons. The van der Waals surface area contributed by atoms with E-state index in [-0.39, 0.29) is 10.9 Å². The van der Waals surface area contributed by atoms with Crippen LogP contribution in [0.5, 0.6) is 0 Å². The van der Waals surface area contributed by atoms with Crippen LogP contribution < -0.4 is 0 Å². The highest BCUT2D eigenvalue weighted by atomic mass is 79.9. The largest absolute Gasteiger partial charge is 0.481 e. The number of carbonyl (C=O) groups is 1. The number of hydrogen-bond acceptors (Lipinski definition) is 1. The van der Waals surface area contributed by atoms with Gasteiger partial charge in [-0.3, -0.25) is 4.79 Å². The highest BCUT2D eigenvalue weighted by Crippen LogP contribution is 2.29. The molecule has 0 saturated carbocycles. The van der Waals surface area contributed by atoms with Gasteiger partial charge >= 0.3 is 5.97 Å². The van der Waals surface area contributed by atoms with E-state index in [9.17, 15) is 13.6 Å². The van der Waals surface area contributed by atoms with E-state index in [4.69, 9.17) is 5.11 Å². The van der Waals surface area contributed by atoms with Gasteiger partial charge < -0.3 is 5.11 Å². The molecule has 0 aliphatic heterocycles. The number of rotatable bonds is 3. The number of hydrogen-bond donors (Lipinski definition) is 1. The van der Waals surface area contributed by atoms with Crippen molar-refractivity contribution in [3.05, 3.63) is 33.8 Å². The average Bonchev–Trinajstić information content (AvgIpc) is 2.19. The molecule has 16 heavy (non-hydrogen) atoms. The molecule has 0 saturated heterocycles. The Morgan fingerprint density at radius 2 is 2.00 bits per heavy atom. The molecule has 5 heteroatoms. The zero-order valence-electron chi connectivity index (χ0n) is 8.85. The highest BCUT2D eigenvalue weighted by Gasteiger charge is 2.29. The summed E-state index contributed by atoms with van der Waals surface area (Å²) in [5.41, 5.74) is -0.585. The fourth-order valence-electron chi connectivity index (χ4n) is 1.25. The zero-order valence-corrected chi connectivity index (χ0v) is 10.4. The van der Waals surface area contributed by atoms with Gasteiger partial charge in [0, 0.05) is 0 Å². The minimum atomic E-state index is -1.02. The summed E-state index contributed by atoms with van der Waals surface area (Å²) < 4.78 is 26.0. The van der Waals surface area contributed by atoms with Gasteiger partial charge in [-0.25, -0.2) is 8.78 Å². The van der Waals surface area contributed by atoms with E-state index in [1.807, 2.05) is 0 Å². The molecule has 1 aromatic carbocycles. The molecule has 0 aliphatic rings. The van der Waals surface area contributed by atoms with Gasteiger partial charge in [0.2, 0.25) is 0 Å². The molecule has 2 nitrogen and oxygen atoms in total. The molecule has 0 unspecified atom stereocenters. The van der Waals surface area contributed by atoms with Crippen molar-refractivity contribution in [2.45, 2.75) is 20.3 Å². The molecule has 0 bridgehead atoms. The first-order valence-corrected chi connectivity index (χ1v) is 5.41. The van der Waals surface area contributed by atoms with E-state index in [1.165, 1.54) is 19.9 Å². The summed E-state index contributed by atoms with van der Waals surface area (Å²) >= 11 is 2.92. The molecular weight excluding hydrogens is 282 g/mol. The Bertz CT molecular complexity index is 430. The van der Waals surface area contributed by atoms with Crippen LogP contribution in [0.15, 0.2) is 16.6 Å². The lowest BCUT2D eigenvalue weighted by molar-refractivity contribution is -0.146. The van der Waals surface area contributed by atoms with Crippen LogP contribution >= 0.6 is 15.9 Å². The van der Waals surface area contributed by atoms with Gasteiger partial charge in [0.05, 0.1) is 9.89 Å². The molecule has 0 spiro atoms. The summed E-state index contributed by atoms with van der Waals surface area (Å²) in [7, 11) is 0. The summed E-state index contributed by atoms with van der Waals surface area (Å²) in [4.78, 5) is 10.9. The standard InChI is InChI=1S/C11H11BrF2O2/c1-11(2,10(15)16)5-6-3-4-7(13)9(14)8(6)12/h3-4H,5H2,1-2H3,(H,15,16). The van der Waals surface area contributed by atoms with Gasteiger partial charge in [-0.2, -0.15) is 0 Å². The predicted octanol–water partition coefficient (Wildman–Crippen LogP) is 3.38. The Balaban J connectivity index is 3.08. The van der Waals surface area contributed by atoms with Gasteiger partial charge in [-0.15, -0.1) is 0 Å². The van der Waals surface area contributed by atoms with E-state index in [0.29, 0.717) is 5.56 Å². The van der Waals surface area contributed by atoms with Crippen LogP contribution in [0, 0.1) is 17.0 Å². The van der Waals surface area contributed by atoms with E-state index in [1.54, 1.807) is 0 Å². The van der Waals surface area contributed by atoms with Crippen LogP contribution in [-0.2, 0) is 11.2 Å². The molecular formula is C11H11BrF2O2. The molecule has 0 heterocycles. The molecule has 1 N–H and O–H groups in total. The molecule has 1 rings (SSSR count). The molecule has 0 aliphatic carbocycles. The van der Waals surface area contributed by atoms with Gasteiger partial charge in [0.1, 0.15) is 0 Å². The number of halogens is 3. The Morgan fingerprint density at radius 3 is 2.50 bits per heavy atom. The van der Waals surface area contributed by atoms with Crippen LogP contribution in [0.4, 0.5) is 8.78 Å². The third kappa shape index (κ3) is 2.58. The van der Waals surface area contributed by atoms with Gasteiger partial charge in [0.15, 0.2) is 11.6 Å². The summed E-state index contributed by atoms with van der Waals surface area (Å²) in [6.45, 7) is 3.06. The minimum absolute atomic E-state index is 0.0122. The molecule has 0 atom stereocenters. The van der Waals surface area contributed by atoms with Crippen molar-refractivity contribution >= 4 is 21.9 Å². The van der Waals surface area contributed by atoms with Gasteiger partial charge in [-0.05, 0) is 47.8 Å². The molecule has 0 fully saturated rings. The van der Waals surface area contributed by atoms with Crippen molar-refractivity contribution in [3.8, 4) is 0 Å². The fourth-order valence-corrected chi connectivity index (χ4v) is 1.72. The van der Waals surface area contributed by atoms with E-state index in [2.05, 4.69) is 15.9 Å². The van der Waals surface area contributed by atoms with Crippen molar-refractivity contribution < 1.29 is 18.7 Å². The normalized spacial score (nSPS) is 11.6. The van der Waals surface area contributed by atoms with Crippen LogP contribution in [0.1, 0.15) is 19.4 Å². The summed E-state index contributed by atoms with van der Waals surface area (Å²) in [6, 6.07) is 2.38. The minimum Gasteiger partial charge on any atom is -0.481 e. The zero-order chi connectivity index (χ0) is 12.5. The number of benzene rings is 1. The van der Waals surface area contributed by atoms with Gasteiger partial charge in [-0.1, -0.05) is 6.07 Å². The quantitative estimate of drug-likeness (QED) is 0.867. The van der Waals surface area contributed by atoms with Crippen LogP contribution in [0.3, 0.4) is 0 Å². The predicted molar refractivity (Wildman–Crippen MR) is 59.2 cm³/mol. The maximum absolute atomic E-state index is 13.2. The Morgan fingerprint density at radius 1 is 1.44 bits per heavy atom. The Hall–Kier alpha value is -0.970. The van der Waals surface area contributed by atoms with Crippen LogP contribution in [0.2, 0.25) is 0 Å². The second-order valence-electron chi connectivity index (χ2n) is 4.20. The first-order valence-electron chi connectivity index (χ1n) is 4.61. The van der Waals surface area contributed by atoms with Crippen molar-refractivity contribution in [2.24, 2.45) is 5.41 Å². The van der Waals surface area contributed by atoms with Crippen LogP contribution in [-0.4, -0.2) is 11.1 Å². The third-order valence-electron chi connectivity index (χ3n) is 2.33. The molecule has 0 amide bonds. The average molecular weight is 293 g/mol. The summed E-state index contributed by atoms with van der Waals surface area (Å²) in [5, 5.41) is 8.93. The Labute approximate surface area is 100 Å². The van der Waals surface area contributed by atoms with E-state index >= 15 is 0 Å². The fraction of sp³-hybridized carbons (Fsp3) is 0.364. The number of aliphatic carboxylic acids is 1. The van der Waals surface area contributed by atoms with Crippen molar-refractivity contribution in [3.63, 3.8) is 0 Å². The van der Waals surface area contributed by atoms with Gasteiger partial charge in [0.25, 0.3) is 0 Å². The molecule has 0 aromatic heterocycles. The third-order valence-corrected chi connectivity index (χ3v) is 3.18. The number of carboxylic acids is 1. The first kappa shape index (κ1) is 13.1. The SMILES string of the molecule is CC(C)(Cc1ccc(F)c(F)c1Br)C(=O)O. The van der Waals surface area contributed by atoms with E-state index in [0.717, 1.165) is 6.07 Å². The maximum Gasteiger partial charge on any atom is 0.309 e. The summed E-state index contributed by atoms with van der Waals surface area (Å²) in [5.74, 6) is -2.92. The summed E-state index contributed by atoms with van der Waals surface area (Å²) in [6.07, 6.45) is 0.125. The monoisotopic (exact) mass is 292 g/mol. The highest BCUT2D eigenvalue weighted by molar-refractivity contribution is 9.10. The number of carboxylic acid groups (broad SMARTS) is 1. The van der Waals surface area contributed by atoms with Crippen molar-refractivity contribution in [1.82, 2.24) is 0 Å². The second kappa shape index (κ2) is 4.49. The lowest BCUT2D eigenvalue weighted by atomic mass is 9.86. The topological polar surface area (TPSA) is 37.3 Å². The van der Waals surface area contributed by atoms with Crippen molar-refractivity contribution in [2.75, 3.05) is 0 Å². The second-order valence-corrected chi connectivity index (χ2v) is 4.99. The first-order chi connectivity index (χ1) is 7.25. The smallest absolute Gasteiger partial charge is 0.309 e. The van der Waals surface area contributed by atoms with E-state index < -0.39 is 23.0 Å². The lowest BCUT2D eigenvalue weighted by Gasteiger charge is -2.19. The molecule has 1 aromatic rings. The lowest BCUT2D eigenvalue weighted by Crippen LogP contribution is -2.26. The molecule has 0 radical (unpaired) electrons. The Kier molecular flexibility index (Phi) is 3.68. The van der Waals surface area contributed by atoms with Crippen molar-refractivity contribution in [1.29, 1.82) is 0 Å². The maximum atomic E-state index is 13.2. The van der Waals surface area contributed by atoms with Crippen LogP contribution in [0.25, 0.3) is 0 Å².